The number of benzene rings is 1. The van der Waals surface area contributed by atoms with Crippen molar-refractivity contribution in [1.29, 1.82) is 0 Å². The molecule has 1 heterocycles. The lowest BCUT2D eigenvalue weighted by Gasteiger charge is -2.19. The number of hydrogen-bond donors (Lipinski definition) is 2. The van der Waals surface area contributed by atoms with E-state index in [0.717, 1.165) is 5.69 Å². The van der Waals surface area contributed by atoms with Gasteiger partial charge in [-0.15, -0.1) is 0 Å². The van der Waals surface area contributed by atoms with Gasteiger partial charge in [0.2, 0.25) is 5.91 Å². The molecular weight excluding hydrogens is 206 g/mol. The summed E-state index contributed by atoms with van der Waals surface area (Å²) in [5.41, 5.74) is 0.744. The molecule has 1 aromatic rings. The predicted molar refractivity (Wildman–Crippen MR) is 58.0 cm³/mol. The van der Waals surface area contributed by atoms with Crippen molar-refractivity contribution in [2.24, 2.45) is 17.8 Å². The van der Waals surface area contributed by atoms with E-state index in [0.29, 0.717) is 12.5 Å². The fourth-order valence-corrected chi connectivity index (χ4v) is 2.68. The summed E-state index contributed by atoms with van der Waals surface area (Å²) in [5.74, 6) is 0.729. The average molecular weight is 219 g/mol. The highest BCUT2D eigenvalue weighted by Gasteiger charge is 2.61. The van der Waals surface area contributed by atoms with Crippen molar-refractivity contribution < 1.29 is 15.0 Å². The minimum atomic E-state index is 0.00680. The zero-order chi connectivity index (χ0) is 11.3. The molecule has 4 nitrogen and oxygen atoms in total. The second kappa shape index (κ2) is 3.22. The third-order valence-electron chi connectivity index (χ3n) is 3.63. The van der Waals surface area contributed by atoms with E-state index in [9.17, 15) is 9.90 Å². The van der Waals surface area contributed by atoms with Crippen LogP contribution in [0.3, 0.4) is 0 Å². The van der Waals surface area contributed by atoms with Gasteiger partial charge >= 0.3 is 0 Å². The first-order valence-corrected chi connectivity index (χ1v) is 5.43. The van der Waals surface area contributed by atoms with Crippen LogP contribution >= 0.6 is 0 Å². The van der Waals surface area contributed by atoms with E-state index in [1.54, 1.807) is 23.1 Å². The third-order valence-corrected chi connectivity index (χ3v) is 3.63. The number of phenols is 1. The van der Waals surface area contributed by atoms with Crippen molar-refractivity contribution in [3.8, 4) is 5.75 Å². The SMILES string of the molecule is O=C1C2C(CO)C2CN1c1cccc(O)c1. The summed E-state index contributed by atoms with van der Waals surface area (Å²) in [6.45, 7) is 0.771. The summed E-state index contributed by atoms with van der Waals surface area (Å²) in [6.07, 6.45) is 0. The molecule has 2 N–H and O–H groups in total. The van der Waals surface area contributed by atoms with E-state index in [-0.39, 0.29) is 30.1 Å². The van der Waals surface area contributed by atoms with Gasteiger partial charge in [-0.25, -0.2) is 0 Å². The van der Waals surface area contributed by atoms with Gasteiger partial charge in [-0.1, -0.05) is 6.07 Å². The number of phenolic OH excluding ortho intramolecular Hbond substituents is 1. The zero-order valence-electron chi connectivity index (χ0n) is 8.71. The fraction of sp³-hybridized carbons (Fsp3) is 0.417. The number of aromatic hydroxyl groups is 1. The van der Waals surface area contributed by atoms with Gasteiger partial charge in [-0.05, 0) is 24.0 Å². The molecule has 3 atom stereocenters. The normalized spacial score (nSPS) is 31.7. The van der Waals surface area contributed by atoms with E-state index < -0.39 is 0 Å². The van der Waals surface area contributed by atoms with Crippen LogP contribution < -0.4 is 4.90 Å². The van der Waals surface area contributed by atoms with Crippen LogP contribution in [0.2, 0.25) is 0 Å². The summed E-state index contributed by atoms with van der Waals surface area (Å²) < 4.78 is 0. The second-order valence-corrected chi connectivity index (χ2v) is 4.50. The molecule has 1 aliphatic carbocycles. The molecule has 1 saturated carbocycles. The maximum absolute atomic E-state index is 12.0. The lowest BCUT2D eigenvalue weighted by Crippen LogP contribution is -2.30. The number of piperidine rings is 1. The van der Waals surface area contributed by atoms with Crippen LogP contribution in [0.5, 0.6) is 5.75 Å². The Morgan fingerprint density at radius 1 is 1.44 bits per heavy atom. The summed E-state index contributed by atoms with van der Waals surface area (Å²) in [4.78, 5) is 13.7. The van der Waals surface area contributed by atoms with Gasteiger partial charge in [-0.2, -0.15) is 0 Å². The Labute approximate surface area is 93.1 Å². The van der Waals surface area contributed by atoms with Gasteiger partial charge in [-0.3, -0.25) is 4.79 Å². The quantitative estimate of drug-likeness (QED) is 0.765. The first-order chi connectivity index (χ1) is 7.72. The van der Waals surface area contributed by atoms with Crippen molar-refractivity contribution >= 4 is 11.6 Å². The van der Waals surface area contributed by atoms with Crippen LogP contribution in [0.15, 0.2) is 24.3 Å². The van der Waals surface area contributed by atoms with Crippen molar-refractivity contribution in [3.05, 3.63) is 24.3 Å². The number of aliphatic hydroxyl groups is 1. The molecule has 1 aliphatic heterocycles. The number of carbonyl (C=O) groups excluding carboxylic acids is 1. The highest BCUT2D eigenvalue weighted by atomic mass is 16.3. The number of anilines is 1. The van der Waals surface area contributed by atoms with Gasteiger partial charge in [0.1, 0.15) is 5.75 Å². The second-order valence-electron chi connectivity index (χ2n) is 4.50. The van der Waals surface area contributed by atoms with Gasteiger partial charge in [0.15, 0.2) is 0 Å². The molecule has 4 heteroatoms. The van der Waals surface area contributed by atoms with Crippen molar-refractivity contribution in [3.63, 3.8) is 0 Å². The summed E-state index contributed by atoms with van der Waals surface area (Å²) >= 11 is 0. The van der Waals surface area contributed by atoms with Gasteiger partial charge < -0.3 is 15.1 Å². The molecule has 0 radical (unpaired) electrons. The largest absolute Gasteiger partial charge is 0.508 e. The molecule has 1 saturated heterocycles. The van der Waals surface area contributed by atoms with Crippen molar-refractivity contribution in [2.75, 3.05) is 18.1 Å². The molecule has 1 amide bonds. The third kappa shape index (κ3) is 1.23. The lowest BCUT2D eigenvalue weighted by atomic mass is 10.2. The highest BCUT2D eigenvalue weighted by molar-refractivity contribution is 6.00. The minimum absolute atomic E-state index is 0.00680. The average Bonchev–Trinajstić information content (AvgIpc) is 2.88. The molecule has 84 valence electrons. The van der Waals surface area contributed by atoms with Crippen molar-refractivity contribution in [1.82, 2.24) is 0 Å². The molecule has 0 bridgehead atoms. The van der Waals surface area contributed by atoms with Crippen LogP contribution in [-0.2, 0) is 4.79 Å². The van der Waals surface area contributed by atoms with Crippen LogP contribution in [0.4, 0.5) is 5.69 Å². The Hall–Kier alpha value is -1.55. The molecule has 2 aliphatic rings. The van der Waals surface area contributed by atoms with Gasteiger partial charge in [0.05, 0.1) is 0 Å². The smallest absolute Gasteiger partial charge is 0.230 e. The first-order valence-electron chi connectivity index (χ1n) is 5.43. The number of carbonyl (C=O) groups is 1. The Kier molecular flexibility index (Phi) is 1.94. The fourth-order valence-electron chi connectivity index (χ4n) is 2.68. The molecule has 16 heavy (non-hydrogen) atoms. The molecule has 2 fully saturated rings. The highest BCUT2D eigenvalue weighted by Crippen LogP contribution is 2.53. The molecule has 0 aromatic heterocycles. The topological polar surface area (TPSA) is 60.8 Å². The van der Waals surface area contributed by atoms with Crippen LogP contribution in [-0.4, -0.2) is 29.3 Å². The van der Waals surface area contributed by atoms with E-state index in [1.807, 2.05) is 6.07 Å². The molecule has 3 rings (SSSR count). The first kappa shape index (κ1) is 9.66. The number of rotatable bonds is 2. The van der Waals surface area contributed by atoms with E-state index in [4.69, 9.17) is 5.11 Å². The summed E-state index contributed by atoms with van der Waals surface area (Å²) in [6, 6.07) is 6.72. The van der Waals surface area contributed by atoms with E-state index in [1.165, 1.54) is 0 Å². The Morgan fingerprint density at radius 2 is 2.25 bits per heavy atom. The number of fused-ring (bicyclic) bond motifs is 1. The Morgan fingerprint density at radius 3 is 2.81 bits per heavy atom. The number of nitrogens with zero attached hydrogens (tertiary/aromatic N) is 1. The van der Waals surface area contributed by atoms with Crippen molar-refractivity contribution in [2.45, 2.75) is 0 Å². The predicted octanol–water partition coefficient (Wildman–Crippen LogP) is 0.593. The molecule has 3 unspecified atom stereocenters. The zero-order valence-corrected chi connectivity index (χ0v) is 8.71. The number of aliphatic hydroxyl groups excluding tert-OH is 1. The van der Waals surface area contributed by atoms with Gasteiger partial charge in [0, 0.05) is 30.8 Å². The molecular formula is C12H13NO3. The summed E-state index contributed by atoms with van der Waals surface area (Å²) in [7, 11) is 0. The maximum atomic E-state index is 12.0. The standard InChI is InChI=1S/C12H13NO3/c14-6-10-9-5-13(12(16)11(9)10)7-2-1-3-8(15)4-7/h1-4,9-11,14-15H,5-6H2. The van der Waals surface area contributed by atoms with Crippen LogP contribution in [0.1, 0.15) is 0 Å². The Bertz CT molecular complexity index is 446. The van der Waals surface area contributed by atoms with Gasteiger partial charge in [0.25, 0.3) is 0 Å². The van der Waals surface area contributed by atoms with E-state index >= 15 is 0 Å². The number of hydrogen-bond acceptors (Lipinski definition) is 3. The maximum Gasteiger partial charge on any atom is 0.230 e. The molecule has 1 aromatic carbocycles. The minimum Gasteiger partial charge on any atom is -0.508 e. The Balaban J connectivity index is 1.82. The lowest BCUT2D eigenvalue weighted by molar-refractivity contribution is -0.119. The van der Waals surface area contributed by atoms with Crippen LogP contribution in [0, 0.1) is 17.8 Å². The van der Waals surface area contributed by atoms with Crippen LogP contribution in [0.25, 0.3) is 0 Å². The summed E-state index contributed by atoms with van der Waals surface area (Å²) in [5, 5.41) is 18.4. The molecule has 0 spiro atoms. The monoisotopic (exact) mass is 219 g/mol. The number of amides is 1. The van der Waals surface area contributed by atoms with E-state index in [2.05, 4.69) is 0 Å².